The van der Waals surface area contributed by atoms with Crippen molar-refractivity contribution in [2.45, 2.75) is 62.7 Å². The van der Waals surface area contributed by atoms with E-state index in [0.717, 1.165) is 24.2 Å². The van der Waals surface area contributed by atoms with Gasteiger partial charge in [0.2, 0.25) is 0 Å². The summed E-state index contributed by atoms with van der Waals surface area (Å²) in [6.07, 6.45) is 8.51. The van der Waals surface area contributed by atoms with Crippen molar-refractivity contribution in [3.05, 3.63) is 0 Å². The molecule has 3 atom stereocenters. The summed E-state index contributed by atoms with van der Waals surface area (Å²) in [5, 5.41) is 3.75. The highest BCUT2D eigenvalue weighted by molar-refractivity contribution is 7.99. The third-order valence-electron chi connectivity index (χ3n) is 4.74. The van der Waals surface area contributed by atoms with Gasteiger partial charge in [0.05, 0.1) is 0 Å². The van der Waals surface area contributed by atoms with E-state index in [1.54, 1.807) is 0 Å². The summed E-state index contributed by atoms with van der Waals surface area (Å²) in [5.74, 6) is 2.76. The molecule has 0 aromatic heterocycles. The minimum absolute atomic E-state index is 0.836. The Kier molecular flexibility index (Phi) is 3.46. The molecule has 92 valence electrons. The van der Waals surface area contributed by atoms with E-state index in [4.69, 9.17) is 0 Å². The SMILES string of the molecule is CN(C1CCCSC1)C1CC2CCC(C1)N2. The summed E-state index contributed by atoms with van der Waals surface area (Å²) in [4.78, 5) is 2.72. The van der Waals surface area contributed by atoms with Gasteiger partial charge in [0.1, 0.15) is 0 Å². The maximum Gasteiger partial charge on any atom is 0.0186 e. The molecule has 0 radical (unpaired) electrons. The lowest BCUT2D eigenvalue weighted by Gasteiger charge is -2.41. The third kappa shape index (κ3) is 2.27. The Hall–Kier alpha value is 0.270. The zero-order chi connectivity index (χ0) is 11.0. The van der Waals surface area contributed by atoms with Crippen LogP contribution in [0.3, 0.4) is 0 Å². The van der Waals surface area contributed by atoms with Crippen LogP contribution in [-0.2, 0) is 0 Å². The summed E-state index contributed by atoms with van der Waals surface area (Å²) in [6.45, 7) is 0. The van der Waals surface area contributed by atoms with Crippen LogP contribution in [-0.4, -0.2) is 47.6 Å². The molecule has 1 N–H and O–H groups in total. The minimum Gasteiger partial charge on any atom is -0.311 e. The molecule has 2 bridgehead atoms. The lowest BCUT2D eigenvalue weighted by atomic mass is 9.96. The summed E-state index contributed by atoms with van der Waals surface area (Å²) < 4.78 is 0. The Balaban J connectivity index is 1.59. The fraction of sp³-hybridized carbons (Fsp3) is 1.00. The van der Waals surface area contributed by atoms with E-state index >= 15 is 0 Å². The zero-order valence-electron chi connectivity index (χ0n) is 10.3. The fourth-order valence-corrected chi connectivity index (χ4v) is 4.91. The Morgan fingerprint density at radius 3 is 2.44 bits per heavy atom. The van der Waals surface area contributed by atoms with Crippen molar-refractivity contribution in [1.82, 2.24) is 10.2 Å². The first-order chi connectivity index (χ1) is 7.83. The van der Waals surface area contributed by atoms with Gasteiger partial charge in [-0.1, -0.05) is 0 Å². The molecule has 3 unspecified atom stereocenters. The molecule has 0 aliphatic carbocycles. The standard InChI is InChI=1S/C13H24N2S/c1-15(12-3-2-6-16-9-12)13-7-10-4-5-11(8-13)14-10/h10-14H,2-9H2,1H3. The van der Waals surface area contributed by atoms with Crippen LogP contribution in [0.5, 0.6) is 0 Å². The van der Waals surface area contributed by atoms with Crippen molar-refractivity contribution >= 4 is 11.8 Å². The molecule has 3 rings (SSSR count). The molecule has 16 heavy (non-hydrogen) atoms. The number of piperidine rings is 1. The largest absolute Gasteiger partial charge is 0.311 e. The van der Waals surface area contributed by atoms with Crippen molar-refractivity contribution in [3.63, 3.8) is 0 Å². The summed E-state index contributed by atoms with van der Waals surface area (Å²) in [5.41, 5.74) is 0. The van der Waals surface area contributed by atoms with Crippen LogP contribution in [0.25, 0.3) is 0 Å². The van der Waals surface area contributed by atoms with E-state index in [1.807, 2.05) is 0 Å². The van der Waals surface area contributed by atoms with Gasteiger partial charge in [-0.2, -0.15) is 11.8 Å². The average molecular weight is 240 g/mol. The quantitative estimate of drug-likeness (QED) is 0.796. The first kappa shape index (κ1) is 11.4. The Morgan fingerprint density at radius 2 is 1.81 bits per heavy atom. The number of hydrogen-bond acceptors (Lipinski definition) is 3. The molecule has 0 aromatic rings. The molecule has 3 aliphatic heterocycles. The second kappa shape index (κ2) is 4.87. The van der Waals surface area contributed by atoms with Gasteiger partial charge in [-0.05, 0) is 51.3 Å². The predicted octanol–water partition coefficient (Wildman–Crippen LogP) is 2.10. The number of nitrogens with zero attached hydrogens (tertiary/aromatic N) is 1. The van der Waals surface area contributed by atoms with Crippen LogP contribution >= 0.6 is 11.8 Å². The molecule has 3 fully saturated rings. The predicted molar refractivity (Wildman–Crippen MR) is 71.1 cm³/mol. The van der Waals surface area contributed by atoms with E-state index in [0.29, 0.717) is 0 Å². The highest BCUT2D eigenvalue weighted by atomic mass is 32.2. The average Bonchev–Trinajstić information content (AvgIpc) is 2.68. The Bertz CT molecular complexity index is 228. The summed E-state index contributed by atoms with van der Waals surface area (Å²) in [7, 11) is 2.38. The van der Waals surface area contributed by atoms with E-state index in [2.05, 4.69) is 29.0 Å². The Morgan fingerprint density at radius 1 is 1.06 bits per heavy atom. The molecule has 0 spiro atoms. The van der Waals surface area contributed by atoms with Crippen LogP contribution in [0, 0.1) is 0 Å². The van der Waals surface area contributed by atoms with E-state index < -0.39 is 0 Å². The number of hydrogen-bond donors (Lipinski definition) is 1. The van der Waals surface area contributed by atoms with Crippen molar-refractivity contribution < 1.29 is 0 Å². The van der Waals surface area contributed by atoms with Crippen molar-refractivity contribution in [2.75, 3.05) is 18.6 Å². The van der Waals surface area contributed by atoms with Gasteiger partial charge in [-0.15, -0.1) is 0 Å². The summed E-state index contributed by atoms with van der Waals surface area (Å²) >= 11 is 2.16. The molecule has 0 aromatic carbocycles. The number of thioether (sulfide) groups is 1. The fourth-order valence-electron chi connectivity index (χ4n) is 3.70. The minimum atomic E-state index is 0.836. The first-order valence-electron chi connectivity index (χ1n) is 6.88. The molecular formula is C13H24N2S. The zero-order valence-corrected chi connectivity index (χ0v) is 11.1. The first-order valence-corrected chi connectivity index (χ1v) is 8.04. The van der Waals surface area contributed by atoms with Gasteiger partial charge in [0.25, 0.3) is 0 Å². The van der Waals surface area contributed by atoms with E-state index in [-0.39, 0.29) is 0 Å². The molecule has 0 saturated carbocycles. The second-order valence-corrected chi connectivity index (χ2v) is 6.95. The Labute approximate surface area is 104 Å². The van der Waals surface area contributed by atoms with Gasteiger partial charge < -0.3 is 5.32 Å². The van der Waals surface area contributed by atoms with Gasteiger partial charge in [0, 0.05) is 29.9 Å². The number of fused-ring (bicyclic) bond motifs is 2. The summed E-state index contributed by atoms with van der Waals surface area (Å²) in [6, 6.07) is 3.40. The van der Waals surface area contributed by atoms with Crippen LogP contribution in [0.15, 0.2) is 0 Å². The topological polar surface area (TPSA) is 15.3 Å². The molecular weight excluding hydrogens is 216 g/mol. The van der Waals surface area contributed by atoms with E-state index in [1.165, 1.54) is 50.0 Å². The molecule has 3 aliphatic rings. The molecule has 2 nitrogen and oxygen atoms in total. The lowest BCUT2D eigenvalue weighted by Crippen LogP contribution is -2.51. The lowest BCUT2D eigenvalue weighted by molar-refractivity contribution is 0.128. The van der Waals surface area contributed by atoms with Crippen molar-refractivity contribution in [3.8, 4) is 0 Å². The van der Waals surface area contributed by atoms with Crippen molar-refractivity contribution in [1.29, 1.82) is 0 Å². The molecule has 3 heteroatoms. The maximum atomic E-state index is 3.75. The van der Waals surface area contributed by atoms with Crippen LogP contribution < -0.4 is 5.32 Å². The van der Waals surface area contributed by atoms with Crippen LogP contribution in [0.1, 0.15) is 38.5 Å². The van der Waals surface area contributed by atoms with Gasteiger partial charge in [-0.3, -0.25) is 4.90 Å². The third-order valence-corrected chi connectivity index (χ3v) is 5.93. The van der Waals surface area contributed by atoms with Crippen LogP contribution in [0.2, 0.25) is 0 Å². The smallest absolute Gasteiger partial charge is 0.0186 e. The number of nitrogens with one attached hydrogen (secondary N) is 1. The highest BCUT2D eigenvalue weighted by Gasteiger charge is 2.36. The highest BCUT2D eigenvalue weighted by Crippen LogP contribution is 2.32. The second-order valence-electron chi connectivity index (χ2n) is 5.80. The molecule has 3 saturated heterocycles. The normalized spacial score (nSPS) is 43.9. The van der Waals surface area contributed by atoms with Gasteiger partial charge in [0.15, 0.2) is 0 Å². The molecule has 3 heterocycles. The van der Waals surface area contributed by atoms with Gasteiger partial charge >= 0.3 is 0 Å². The number of rotatable bonds is 2. The van der Waals surface area contributed by atoms with Crippen molar-refractivity contribution in [2.24, 2.45) is 0 Å². The molecule has 0 amide bonds. The van der Waals surface area contributed by atoms with Gasteiger partial charge in [-0.25, -0.2) is 0 Å². The van der Waals surface area contributed by atoms with Crippen LogP contribution in [0.4, 0.5) is 0 Å². The monoisotopic (exact) mass is 240 g/mol. The maximum absolute atomic E-state index is 3.75. The van der Waals surface area contributed by atoms with E-state index in [9.17, 15) is 0 Å².